The third kappa shape index (κ3) is 5.37. The molecule has 0 N–H and O–H groups in total. The second kappa shape index (κ2) is 11.5. The smallest absolute Gasteiger partial charge is 0.321 e. The summed E-state index contributed by atoms with van der Waals surface area (Å²) in [4.78, 5) is 20.4. The highest BCUT2D eigenvalue weighted by Crippen LogP contribution is 2.53. The molecule has 1 aliphatic carbocycles. The van der Waals surface area contributed by atoms with Gasteiger partial charge < -0.3 is 24.2 Å². The van der Waals surface area contributed by atoms with E-state index in [0.29, 0.717) is 24.7 Å². The molecule has 1 saturated carbocycles. The third-order valence-electron chi connectivity index (χ3n) is 8.60. The van der Waals surface area contributed by atoms with E-state index in [1.807, 2.05) is 53.4 Å². The standard InChI is InChI=1S/C32H37F2N3O3/c1-35(2)27-13-15-32(16-14-27)30(24-17-25(33)19-26(34)18-24)36(20-22-5-9-28(39-3)10-6-22)31(38)37(32)21-23-7-11-29(40-4)12-8-23/h5-12,17-19,27,30H,13-16,20-21H2,1-4H3. The maximum absolute atomic E-state index is 14.7. The first-order valence-electron chi connectivity index (χ1n) is 13.7. The molecule has 0 radical (unpaired) electrons. The molecular weight excluding hydrogens is 512 g/mol. The Morgan fingerprint density at radius 1 is 0.825 bits per heavy atom. The summed E-state index contributed by atoms with van der Waals surface area (Å²) >= 11 is 0. The SMILES string of the molecule is COc1ccc(CN2C(=O)N(Cc3ccc(OC)cc3)C3(CCC(N(C)C)CC3)C2c2cc(F)cc(F)c2)cc1. The molecule has 1 atom stereocenters. The molecular formula is C32H37F2N3O3. The first-order valence-corrected chi connectivity index (χ1v) is 13.7. The van der Waals surface area contributed by atoms with Crippen LogP contribution >= 0.6 is 0 Å². The van der Waals surface area contributed by atoms with Crippen LogP contribution in [0, 0.1) is 11.6 Å². The molecule has 212 valence electrons. The van der Waals surface area contributed by atoms with Crippen LogP contribution in [-0.4, -0.2) is 60.6 Å². The molecule has 3 aromatic rings. The number of hydrogen-bond donors (Lipinski definition) is 0. The number of carbonyl (C=O) groups excluding carboxylic acids is 1. The summed E-state index contributed by atoms with van der Waals surface area (Å²) in [5, 5.41) is 0. The minimum absolute atomic E-state index is 0.135. The summed E-state index contributed by atoms with van der Waals surface area (Å²) in [5.41, 5.74) is 1.74. The molecule has 1 spiro atoms. The third-order valence-corrected chi connectivity index (χ3v) is 8.60. The Morgan fingerprint density at radius 2 is 1.32 bits per heavy atom. The van der Waals surface area contributed by atoms with Crippen molar-refractivity contribution in [3.8, 4) is 11.5 Å². The van der Waals surface area contributed by atoms with E-state index in [2.05, 4.69) is 19.0 Å². The predicted molar refractivity (Wildman–Crippen MR) is 150 cm³/mol. The van der Waals surface area contributed by atoms with Crippen LogP contribution in [0.4, 0.5) is 13.6 Å². The molecule has 2 aliphatic rings. The van der Waals surface area contributed by atoms with Crippen molar-refractivity contribution in [2.75, 3.05) is 28.3 Å². The predicted octanol–water partition coefficient (Wildman–Crippen LogP) is 6.40. The van der Waals surface area contributed by atoms with Crippen molar-refractivity contribution < 1.29 is 23.0 Å². The van der Waals surface area contributed by atoms with Crippen molar-refractivity contribution in [3.63, 3.8) is 0 Å². The monoisotopic (exact) mass is 549 g/mol. The van der Waals surface area contributed by atoms with Gasteiger partial charge in [0.05, 0.1) is 25.8 Å². The van der Waals surface area contributed by atoms with Gasteiger partial charge in [0.15, 0.2) is 0 Å². The second-order valence-corrected chi connectivity index (χ2v) is 11.1. The molecule has 3 aromatic carbocycles. The molecule has 1 saturated heterocycles. The molecule has 40 heavy (non-hydrogen) atoms. The van der Waals surface area contributed by atoms with Crippen LogP contribution < -0.4 is 9.47 Å². The highest BCUT2D eigenvalue weighted by atomic mass is 19.1. The molecule has 1 aliphatic heterocycles. The van der Waals surface area contributed by atoms with Crippen molar-refractivity contribution in [1.29, 1.82) is 0 Å². The van der Waals surface area contributed by atoms with Gasteiger partial charge in [-0.05, 0) is 92.9 Å². The van der Waals surface area contributed by atoms with E-state index in [9.17, 15) is 13.6 Å². The summed E-state index contributed by atoms with van der Waals surface area (Å²) in [6.45, 7) is 0.701. The van der Waals surface area contributed by atoms with Crippen LogP contribution in [0.25, 0.3) is 0 Å². The van der Waals surface area contributed by atoms with Crippen LogP contribution in [0.15, 0.2) is 66.7 Å². The first kappa shape index (κ1) is 27.9. The Hall–Kier alpha value is -3.65. The van der Waals surface area contributed by atoms with Crippen molar-refractivity contribution >= 4 is 6.03 Å². The van der Waals surface area contributed by atoms with E-state index in [-0.39, 0.29) is 6.03 Å². The highest BCUT2D eigenvalue weighted by molar-refractivity contribution is 5.80. The summed E-state index contributed by atoms with van der Waals surface area (Å²) < 4.78 is 40.0. The van der Waals surface area contributed by atoms with E-state index in [1.54, 1.807) is 19.1 Å². The second-order valence-electron chi connectivity index (χ2n) is 11.1. The van der Waals surface area contributed by atoms with Crippen molar-refractivity contribution in [1.82, 2.24) is 14.7 Å². The number of nitrogens with zero attached hydrogens (tertiary/aromatic N) is 3. The van der Waals surface area contributed by atoms with Crippen molar-refractivity contribution in [2.24, 2.45) is 0 Å². The van der Waals surface area contributed by atoms with Crippen molar-refractivity contribution in [3.05, 3.63) is 95.1 Å². The summed E-state index contributed by atoms with van der Waals surface area (Å²) in [6, 6.07) is 18.7. The number of hydrogen-bond acceptors (Lipinski definition) is 4. The fraction of sp³-hybridized carbons (Fsp3) is 0.406. The Kier molecular flexibility index (Phi) is 7.99. The average Bonchev–Trinajstić information content (AvgIpc) is 3.15. The fourth-order valence-corrected chi connectivity index (χ4v) is 6.50. The molecule has 0 bridgehead atoms. The molecule has 0 aromatic heterocycles. The maximum Gasteiger partial charge on any atom is 0.321 e. The van der Waals surface area contributed by atoms with Gasteiger partial charge in [-0.1, -0.05) is 24.3 Å². The number of methoxy groups -OCH3 is 2. The summed E-state index contributed by atoms with van der Waals surface area (Å²) in [5.74, 6) is 0.182. The van der Waals surface area contributed by atoms with Crippen LogP contribution in [0.5, 0.6) is 11.5 Å². The number of halogens is 2. The molecule has 5 rings (SSSR count). The van der Waals surface area contributed by atoms with Gasteiger partial charge in [-0.15, -0.1) is 0 Å². The van der Waals surface area contributed by atoms with E-state index < -0.39 is 23.2 Å². The topological polar surface area (TPSA) is 45.3 Å². The van der Waals surface area contributed by atoms with Crippen LogP contribution in [0.1, 0.15) is 48.4 Å². The minimum atomic E-state index is -0.641. The number of carbonyl (C=O) groups is 1. The first-order chi connectivity index (χ1) is 19.2. The molecule has 6 nitrogen and oxygen atoms in total. The lowest BCUT2D eigenvalue weighted by molar-refractivity contribution is 0.0516. The Labute approximate surface area is 235 Å². The van der Waals surface area contributed by atoms with Crippen molar-refractivity contribution in [2.45, 2.75) is 56.4 Å². The molecule has 2 amide bonds. The number of benzene rings is 3. The number of rotatable bonds is 8. The van der Waals surface area contributed by atoms with E-state index >= 15 is 0 Å². The zero-order valence-corrected chi connectivity index (χ0v) is 23.6. The van der Waals surface area contributed by atoms with E-state index in [0.717, 1.165) is 54.4 Å². The maximum atomic E-state index is 14.7. The zero-order valence-electron chi connectivity index (χ0n) is 23.6. The van der Waals surface area contributed by atoms with E-state index in [1.165, 1.54) is 12.1 Å². The van der Waals surface area contributed by atoms with Gasteiger partial charge in [-0.3, -0.25) is 0 Å². The number of amides is 2. The van der Waals surface area contributed by atoms with Gasteiger partial charge in [0, 0.05) is 25.2 Å². The Bertz CT molecular complexity index is 1300. The lowest BCUT2D eigenvalue weighted by Crippen LogP contribution is -2.52. The normalized spacial score (nSPS) is 22.8. The molecule has 8 heteroatoms. The zero-order chi connectivity index (χ0) is 28.4. The number of ether oxygens (including phenoxy) is 2. The largest absolute Gasteiger partial charge is 0.497 e. The molecule has 1 unspecified atom stereocenters. The minimum Gasteiger partial charge on any atom is -0.497 e. The van der Waals surface area contributed by atoms with Gasteiger partial charge in [0.25, 0.3) is 0 Å². The van der Waals surface area contributed by atoms with Gasteiger partial charge in [-0.2, -0.15) is 0 Å². The highest BCUT2D eigenvalue weighted by Gasteiger charge is 2.58. The molecule has 1 heterocycles. The van der Waals surface area contributed by atoms with Crippen LogP contribution in [0.3, 0.4) is 0 Å². The quantitative estimate of drug-likeness (QED) is 0.326. The average molecular weight is 550 g/mol. The van der Waals surface area contributed by atoms with Gasteiger partial charge in [0.2, 0.25) is 0 Å². The lowest BCUT2D eigenvalue weighted by Gasteiger charge is -2.47. The van der Waals surface area contributed by atoms with E-state index in [4.69, 9.17) is 9.47 Å². The fourth-order valence-electron chi connectivity index (χ4n) is 6.50. The van der Waals surface area contributed by atoms with Crippen LogP contribution in [0.2, 0.25) is 0 Å². The Morgan fingerprint density at radius 3 is 1.80 bits per heavy atom. The molecule has 2 fully saturated rings. The van der Waals surface area contributed by atoms with Gasteiger partial charge in [-0.25, -0.2) is 13.6 Å². The summed E-state index contributed by atoms with van der Waals surface area (Å²) in [7, 11) is 7.38. The number of urea groups is 1. The lowest BCUT2D eigenvalue weighted by atomic mass is 9.71. The summed E-state index contributed by atoms with van der Waals surface area (Å²) in [6.07, 6.45) is 3.20. The van der Waals surface area contributed by atoms with Gasteiger partial charge in [0.1, 0.15) is 23.1 Å². The Balaban J connectivity index is 1.60. The van der Waals surface area contributed by atoms with Gasteiger partial charge >= 0.3 is 6.03 Å². The van der Waals surface area contributed by atoms with Crippen LogP contribution in [-0.2, 0) is 13.1 Å².